The Balaban J connectivity index is 1.64. The lowest BCUT2D eigenvalue weighted by Crippen LogP contribution is -2.41. The molecule has 1 aliphatic heterocycles. The summed E-state index contributed by atoms with van der Waals surface area (Å²) in [7, 11) is 0. The number of nitrogens with zero attached hydrogens (tertiary/aromatic N) is 3. The molecule has 2 heterocycles. The largest absolute Gasteiger partial charge is 0.494 e. The van der Waals surface area contributed by atoms with E-state index in [9.17, 15) is 4.79 Å². The van der Waals surface area contributed by atoms with Crippen LogP contribution in [0.1, 0.15) is 37.7 Å². The van der Waals surface area contributed by atoms with Gasteiger partial charge in [0.15, 0.2) is 5.82 Å². The van der Waals surface area contributed by atoms with Crippen LogP contribution in [0, 0.1) is 0 Å². The standard InChI is InChI=1S/C22H25N5O2S/c1-3-8-18-24-25-22-27(18)26-19(15-11-13-17(14-12-15)29-4-2)20(30-22)21(28)23-16-9-6-5-7-10-16/h5-7,9-14,19-20,26H,3-4,8H2,1-2H3,(H,23,28)/t19-,20-/m1/s1. The topological polar surface area (TPSA) is 81.1 Å². The van der Waals surface area contributed by atoms with Gasteiger partial charge in [0.25, 0.3) is 0 Å². The van der Waals surface area contributed by atoms with Gasteiger partial charge >= 0.3 is 0 Å². The van der Waals surface area contributed by atoms with E-state index in [2.05, 4.69) is 27.9 Å². The predicted octanol–water partition coefficient (Wildman–Crippen LogP) is 4.03. The molecule has 0 saturated heterocycles. The fourth-order valence-corrected chi connectivity index (χ4v) is 4.51. The molecule has 0 bridgehead atoms. The Morgan fingerprint density at radius 3 is 2.60 bits per heavy atom. The van der Waals surface area contributed by atoms with Gasteiger partial charge in [-0.15, -0.1) is 10.2 Å². The van der Waals surface area contributed by atoms with Crippen LogP contribution < -0.4 is 15.5 Å². The summed E-state index contributed by atoms with van der Waals surface area (Å²) in [6.45, 7) is 4.68. The van der Waals surface area contributed by atoms with E-state index in [0.29, 0.717) is 11.8 Å². The van der Waals surface area contributed by atoms with E-state index in [1.807, 2.05) is 66.2 Å². The van der Waals surface area contributed by atoms with Crippen molar-refractivity contribution in [3.63, 3.8) is 0 Å². The number of thioether (sulfide) groups is 1. The van der Waals surface area contributed by atoms with Gasteiger partial charge in [-0.05, 0) is 43.2 Å². The molecule has 1 amide bonds. The van der Waals surface area contributed by atoms with E-state index < -0.39 is 5.25 Å². The SMILES string of the molecule is CCCc1nnc2n1N[C@H](c1ccc(OCC)cc1)[C@H](C(=O)Nc1ccccc1)S2. The summed E-state index contributed by atoms with van der Waals surface area (Å²) in [6, 6.07) is 17.1. The normalized spacial score (nSPS) is 17.7. The fraction of sp³-hybridized carbons (Fsp3) is 0.318. The lowest BCUT2D eigenvalue weighted by Gasteiger charge is -2.33. The first kappa shape index (κ1) is 20.3. The molecular formula is C22H25N5O2S. The second-order valence-corrected chi connectivity index (χ2v) is 8.10. The molecule has 0 aliphatic carbocycles. The molecule has 0 radical (unpaired) electrons. The minimum Gasteiger partial charge on any atom is -0.494 e. The number of benzene rings is 2. The lowest BCUT2D eigenvalue weighted by atomic mass is 10.0. The minimum atomic E-state index is -0.408. The highest BCUT2D eigenvalue weighted by Gasteiger charge is 2.37. The number of amides is 1. The Labute approximate surface area is 180 Å². The van der Waals surface area contributed by atoms with Gasteiger partial charge in [0.1, 0.15) is 11.0 Å². The van der Waals surface area contributed by atoms with Crippen LogP contribution in [0.2, 0.25) is 0 Å². The zero-order valence-electron chi connectivity index (χ0n) is 17.0. The first-order valence-corrected chi connectivity index (χ1v) is 11.0. The summed E-state index contributed by atoms with van der Waals surface area (Å²) in [5.74, 6) is 1.60. The van der Waals surface area contributed by atoms with Crippen LogP contribution in [0.25, 0.3) is 0 Å². The number of carbonyl (C=O) groups excluding carboxylic acids is 1. The zero-order valence-corrected chi connectivity index (χ0v) is 17.9. The van der Waals surface area contributed by atoms with Crippen molar-refractivity contribution in [1.29, 1.82) is 0 Å². The minimum absolute atomic E-state index is 0.0797. The van der Waals surface area contributed by atoms with Gasteiger partial charge in [0, 0.05) is 12.1 Å². The van der Waals surface area contributed by atoms with E-state index in [1.54, 1.807) is 0 Å². The molecule has 1 aliphatic rings. The number of hydrogen-bond acceptors (Lipinski definition) is 6. The summed E-state index contributed by atoms with van der Waals surface area (Å²) in [4.78, 5) is 13.2. The van der Waals surface area contributed by atoms with Crippen LogP contribution in [0.5, 0.6) is 5.75 Å². The molecule has 30 heavy (non-hydrogen) atoms. The lowest BCUT2D eigenvalue weighted by molar-refractivity contribution is -0.116. The Morgan fingerprint density at radius 1 is 1.13 bits per heavy atom. The molecule has 8 heteroatoms. The fourth-order valence-electron chi connectivity index (χ4n) is 3.41. The molecule has 0 saturated carbocycles. The van der Waals surface area contributed by atoms with Crippen LogP contribution in [0.15, 0.2) is 59.8 Å². The van der Waals surface area contributed by atoms with Gasteiger partial charge in [0.05, 0.1) is 12.6 Å². The number of aromatic nitrogens is 3. The van der Waals surface area contributed by atoms with Crippen molar-refractivity contribution in [3.05, 3.63) is 66.0 Å². The molecule has 3 aromatic rings. The van der Waals surface area contributed by atoms with Crippen molar-refractivity contribution in [1.82, 2.24) is 14.9 Å². The quantitative estimate of drug-likeness (QED) is 0.597. The van der Waals surface area contributed by atoms with Crippen molar-refractivity contribution in [3.8, 4) is 5.75 Å². The zero-order chi connectivity index (χ0) is 20.9. The van der Waals surface area contributed by atoms with E-state index in [1.165, 1.54) is 11.8 Å². The molecule has 2 aromatic carbocycles. The number of rotatable bonds is 7. The molecule has 2 N–H and O–H groups in total. The molecular weight excluding hydrogens is 398 g/mol. The van der Waals surface area contributed by atoms with Crippen LogP contribution in [0.4, 0.5) is 5.69 Å². The molecule has 1 aromatic heterocycles. The first-order chi connectivity index (χ1) is 14.7. The molecule has 156 valence electrons. The molecule has 0 fully saturated rings. The number of ether oxygens (including phenoxy) is 1. The average Bonchev–Trinajstić information content (AvgIpc) is 3.16. The van der Waals surface area contributed by atoms with Gasteiger partial charge in [-0.2, -0.15) is 0 Å². The van der Waals surface area contributed by atoms with Crippen LogP contribution in [0.3, 0.4) is 0 Å². The second kappa shape index (κ2) is 9.21. The maximum Gasteiger partial charge on any atom is 0.240 e. The van der Waals surface area contributed by atoms with Crippen molar-refractivity contribution in [2.45, 2.75) is 43.1 Å². The highest BCUT2D eigenvalue weighted by molar-refractivity contribution is 8.00. The molecule has 0 spiro atoms. The maximum atomic E-state index is 13.2. The summed E-state index contributed by atoms with van der Waals surface area (Å²) >= 11 is 1.43. The second-order valence-electron chi connectivity index (χ2n) is 6.99. The van der Waals surface area contributed by atoms with E-state index >= 15 is 0 Å². The summed E-state index contributed by atoms with van der Waals surface area (Å²) in [5, 5.41) is 11.9. The van der Waals surface area contributed by atoms with E-state index in [-0.39, 0.29) is 11.9 Å². The molecule has 7 nitrogen and oxygen atoms in total. The summed E-state index contributed by atoms with van der Waals surface area (Å²) in [6.07, 6.45) is 1.79. The van der Waals surface area contributed by atoms with Gasteiger partial charge in [0.2, 0.25) is 11.1 Å². The smallest absolute Gasteiger partial charge is 0.240 e. The number of hydrogen-bond donors (Lipinski definition) is 2. The number of anilines is 1. The van der Waals surface area contributed by atoms with Gasteiger partial charge < -0.3 is 15.5 Å². The van der Waals surface area contributed by atoms with E-state index in [0.717, 1.165) is 35.7 Å². The molecule has 0 unspecified atom stereocenters. The van der Waals surface area contributed by atoms with E-state index in [4.69, 9.17) is 4.74 Å². The van der Waals surface area contributed by atoms with Crippen LogP contribution in [-0.4, -0.2) is 32.6 Å². The number of aryl methyl sites for hydroxylation is 1. The third-order valence-corrected chi connectivity index (χ3v) is 6.04. The number of nitrogens with one attached hydrogen (secondary N) is 2. The average molecular weight is 424 g/mol. The third-order valence-electron chi connectivity index (χ3n) is 4.83. The van der Waals surface area contributed by atoms with Gasteiger partial charge in [-0.3, -0.25) is 4.79 Å². The van der Waals surface area contributed by atoms with Gasteiger partial charge in [-0.25, -0.2) is 4.68 Å². The number of fused-ring (bicyclic) bond motifs is 1. The molecule has 2 atom stereocenters. The monoisotopic (exact) mass is 423 g/mol. The first-order valence-electron chi connectivity index (χ1n) is 10.2. The Bertz CT molecular complexity index is 991. The van der Waals surface area contributed by atoms with Gasteiger partial charge in [-0.1, -0.05) is 49.0 Å². The number of carbonyl (C=O) groups is 1. The highest BCUT2D eigenvalue weighted by atomic mass is 32.2. The summed E-state index contributed by atoms with van der Waals surface area (Å²) in [5.41, 5.74) is 5.26. The third kappa shape index (κ3) is 4.28. The Kier molecular flexibility index (Phi) is 6.23. The maximum absolute atomic E-state index is 13.2. The predicted molar refractivity (Wildman–Crippen MR) is 118 cm³/mol. The Hall–Kier alpha value is -3.00. The van der Waals surface area contributed by atoms with Crippen LogP contribution >= 0.6 is 11.8 Å². The van der Waals surface area contributed by atoms with Crippen molar-refractivity contribution < 1.29 is 9.53 Å². The number of para-hydroxylation sites is 1. The van der Waals surface area contributed by atoms with Crippen molar-refractivity contribution in [2.75, 3.05) is 17.3 Å². The highest BCUT2D eigenvalue weighted by Crippen LogP contribution is 2.38. The Morgan fingerprint density at radius 2 is 1.90 bits per heavy atom. The van der Waals surface area contributed by atoms with Crippen molar-refractivity contribution in [2.24, 2.45) is 0 Å². The van der Waals surface area contributed by atoms with Crippen molar-refractivity contribution >= 4 is 23.4 Å². The summed E-state index contributed by atoms with van der Waals surface area (Å²) < 4.78 is 7.48. The van der Waals surface area contributed by atoms with Crippen LogP contribution in [-0.2, 0) is 11.2 Å². The molecule has 4 rings (SSSR count).